The Morgan fingerprint density at radius 1 is 1.06 bits per heavy atom. The number of fused-ring (bicyclic) bond motifs is 1. The normalized spacial score (nSPS) is 16.4. The molecule has 4 rings (SSSR count). The molecule has 1 aliphatic heterocycles. The molecule has 0 atom stereocenters. The molecule has 0 bridgehead atoms. The van der Waals surface area contributed by atoms with Gasteiger partial charge in [-0.1, -0.05) is 30.7 Å². The first-order valence-corrected chi connectivity index (χ1v) is 13.5. The minimum Gasteiger partial charge on any atom is -0.478 e. The second-order valence-electron chi connectivity index (χ2n) is 9.04. The number of hydrogen-bond acceptors (Lipinski definition) is 5. The van der Waals surface area contributed by atoms with Crippen molar-refractivity contribution in [1.82, 2.24) is 4.90 Å². The number of carboxylic acid groups (broad SMARTS) is 1. The number of anilines is 2. The van der Waals surface area contributed by atoms with Crippen molar-refractivity contribution >= 4 is 32.9 Å². The molecule has 182 valence electrons. The molecule has 7 nitrogen and oxygen atoms in total. The number of carboxylic acids is 1. The first kappa shape index (κ1) is 24.3. The molecular weight excluding hydrogens is 450 g/mol. The largest absolute Gasteiger partial charge is 0.478 e. The summed E-state index contributed by atoms with van der Waals surface area (Å²) in [5.74, 6) is -1.15. The monoisotopic (exact) mass is 483 g/mol. The van der Waals surface area contributed by atoms with Gasteiger partial charge in [0.2, 0.25) is 0 Å². The van der Waals surface area contributed by atoms with Gasteiger partial charge in [0.15, 0.2) is 0 Å². The number of allylic oxidation sites excluding steroid dienone is 2. The van der Waals surface area contributed by atoms with Gasteiger partial charge in [0.25, 0.3) is 10.0 Å². The molecule has 1 fully saturated rings. The van der Waals surface area contributed by atoms with Gasteiger partial charge in [0.1, 0.15) is 4.90 Å². The Bertz CT molecular complexity index is 1180. The first-order valence-electron chi connectivity index (χ1n) is 12.0. The van der Waals surface area contributed by atoms with Crippen molar-refractivity contribution in [3.8, 4) is 0 Å². The number of nitrogens with zero attached hydrogens (tertiary/aromatic N) is 1. The van der Waals surface area contributed by atoms with E-state index in [-0.39, 0.29) is 16.1 Å². The van der Waals surface area contributed by atoms with Crippen LogP contribution in [0.5, 0.6) is 0 Å². The standard InChI is InChI=1S/C26H33N3O4S/c1-19-9-7-10-20-13-14-22(25(24(19)20)26(30)31)28-34(32,33)23-12-4-3-11-21(23)27-15-8-18-29-16-5-2-6-17-29/h3-4,9,11-14,27-28H,2,5-8,10,15-18H2,1H3,(H,30,31). The van der Waals surface area contributed by atoms with Crippen LogP contribution in [0, 0.1) is 0 Å². The Kier molecular flexibility index (Phi) is 7.58. The maximum Gasteiger partial charge on any atom is 0.338 e. The molecule has 0 saturated carbocycles. The topological polar surface area (TPSA) is 98.7 Å². The number of piperidine rings is 1. The zero-order valence-electron chi connectivity index (χ0n) is 19.6. The second-order valence-corrected chi connectivity index (χ2v) is 10.7. The van der Waals surface area contributed by atoms with E-state index in [2.05, 4.69) is 14.9 Å². The minimum atomic E-state index is -4.01. The summed E-state index contributed by atoms with van der Waals surface area (Å²) < 4.78 is 29.3. The first-order chi connectivity index (χ1) is 16.4. The molecule has 0 unspecified atom stereocenters. The Balaban J connectivity index is 1.53. The van der Waals surface area contributed by atoms with Crippen LogP contribution in [0.4, 0.5) is 11.4 Å². The second kappa shape index (κ2) is 10.6. The minimum absolute atomic E-state index is 0.00139. The molecule has 1 heterocycles. The zero-order chi connectivity index (χ0) is 24.1. The molecule has 0 radical (unpaired) electrons. The quantitative estimate of drug-likeness (QED) is 0.442. The van der Waals surface area contributed by atoms with Gasteiger partial charge in [-0.15, -0.1) is 0 Å². The van der Waals surface area contributed by atoms with Crippen molar-refractivity contribution in [1.29, 1.82) is 0 Å². The van der Waals surface area contributed by atoms with Crippen LogP contribution >= 0.6 is 0 Å². The Labute approximate surface area is 201 Å². The summed E-state index contributed by atoms with van der Waals surface area (Å²) in [6.07, 6.45) is 8.30. The summed E-state index contributed by atoms with van der Waals surface area (Å²) in [5, 5.41) is 13.2. The van der Waals surface area contributed by atoms with E-state index < -0.39 is 16.0 Å². The SMILES string of the molecule is CC1=CCCc2ccc(NS(=O)(=O)c3ccccc3NCCCN3CCCCC3)c(C(=O)O)c21. The van der Waals surface area contributed by atoms with Crippen LogP contribution < -0.4 is 10.0 Å². The van der Waals surface area contributed by atoms with Gasteiger partial charge >= 0.3 is 5.97 Å². The van der Waals surface area contributed by atoms with E-state index in [4.69, 9.17) is 0 Å². The highest BCUT2D eigenvalue weighted by atomic mass is 32.2. The molecule has 1 aliphatic carbocycles. The molecule has 8 heteroatoms. The fraction of sp³-hybridized carbons (Fsp3) is 0.423. The van der Waals surface area contributed by atoms with Crippen molar-refractivity contribution in [2.75, 3.05) is 36.2 Å². The van der Waals surface area contributed by atoms with Crippen LogP contribution in [0.25, 0.3) is 5.57 Å². The van der Waals surface area contributed by atoms with E-state index in [1.807, 2.05) is 19.1 Å². The smallest absolute Gasteiger partial charge is 0.338 e. The van der Waals surface area contributed by atoms with Crippen LogP contribution in [0.15, 0.2) is 47.4 Å². The van der Waals surface area contributed by atoms with Crippen LogP contribution in [-0.2, 0) is 16.4 Å². The lowest BCUT2D eigenvalue weighted by molar-refractivity contribution is 0.0697. The van der Waals surface area contributed by atoms with Crippen LogP contribution in [0.2, 0.25) is 0 Å². The number of nitrogens with one attached hydrogen (secondary N) is 2. The maximum atomic E-state index is 13.4. The van der Waals surface area contributed by atoms with Crippen LogP contribution in [-0.4, -0.2) is 50.6 Å². The average molecular weight is 484 g/mol. The third-order valence-corrected chi connectivity index (χ3v) is 8.02. The molecule has 2 aromatic rings. The van der Waals surface area contributed by atoms with E-state index in [1.54, 1.807) is 30.3 Å². The fourth-order valence-electron chi connectivity index (χ4n) is 4.91. The highest BCUT2D eigenvalue weighted by Crippen LogP contribution is 2.35. The molecule has 0 amide bonds. The van der Waals surface area contributed by atoms with Crippen molar-refractivity contribution in [3.05, 3.63) is 59.2 Å². The summed E-state index contributed by atoms with van der Waals surface area (Å²) in [7, 11) is -4.01. The van der Waals surface area contributed by atoms with Crippen LogP contribution in [0.1, 0.15) is 60.5 Å². The number of sulfonamides is 1. The molecule has 3 N–H and O–H groups in total. The molecule has 0 aromatic heterocycles. The summed E-state index contributed by atoms with van der Waals surface area (Å²) in [4.78, 5) is 14.7. The van der Waals surface area contributed by atoms with E-state index in [1.165, 1.54) is 19.3 Å². The van der Waals surface area contributed by atoms with Crippen molar-refractivity contribution in [3.63, 3.8) is 0 Å². The average Bonchev–Trinajstić information content (AvgIpc) is 2.82. The maximum absolute atomic E-state index is 13.4. The lowest BCUT2D eigenvalue weighted by Crippen LogP contribution is -2.31. The summed E-state index contributed by atoms with van der Waals surface area (Å²) in [6, 6.07) is 10.1. The molecule has 2 aliphatic rings. The van der Waals surface area contributed by atoms with Gasteiger partial charge in [-0.3, -0.25) is 4.72 Å². The molecule has 1 saturated heterocycles. The number of likely N-dealkylation sites (tertiary alicyclic amines) is 1. The van der Waals surface area contributed by atoms with Gasteiger partial charge in [-0.25, -0.2) is 13.2 Å². The number of para-hydroxylation sites is 1. The summed E-state index contributed by atoms with van der Waals surface area (Å²) in [5.41, 5.74) is 3.00. The van der Waals surface area contributed by atoms with E-state index in [0.717, 1.165) is 50.0 Å². The Morgan fingerprint density at radius 3 is 2.59 bits per heavy atom. The van der Waals surface area contributed by atoms with Crippen LogP contribution in [0.3, 0.4) is 0 Å². The highest BCUT2D eigenvalue weighted by Gasteiger charge is 2.26. The number of rotatable bonds is 9. The lowest BCUT2D eigenvalue weighted by atomic mass is 9.87. The van der Waals surface area contributed by atoms with Gasteiger partial charge in [0, 0.05) is 6.54 Å². The van der Waals surface area contributed by atoms with E-state index in [0.29, 0.717) is 17.8 Å². The van der Waals surface area contributed by atoms with E-state index in [9.17, 15) is 18.3 Å². The zero-order valence-corrected chi connectivity index (χ0v) is 20.5. The predicted molar refractivity (Wildman–Crippen MR) is 136 cm³/mol. The third kappa shape index (κ3) is 5.45. The van der Waals surface area contributed by atoms with Gasteiger partial charge < -0.3 is 15.3 Å². The lowest BCUT2D eigenvalue weighted by Gasteiger charge is -2.26. The number of aryl methyl sites for hydroxylation is 1. The van der Waals surface area contributed by atoms with E-state index >= 15 is 0 Å². The van der Waals surface area contributed by atoms with Crippen molar-refractivity contribution in [2.45, 2.75) is 50.3 Å². The number of hydrogen-bond donors (Lipinski definition) is 3. The molecule has 34 heavy (non-hydrogen) atoms. The number of benzene rings is 2. The van der Waals surface area contributed by atoms with Crippen molar-refractivity contribution in [2.24, 2.45) is 0 Å². The Morgan fingerprint density at radius 2 is 1.82 bits per heavy atom. The summed E-state index contributed by atoms with van der Waals surface area (Å²) in [6.45, 7) is 5.79. The number of aromatic carboxylic acids is 1. The van der Waals surface area contributed by atoms with Crippen molar-refractivity contribution < 1.29 is 18.3 Å². The third-order valence-electron chi connectivity index (χ3n) is 6.60. The fourth-order valence-corrected chi connectivity index (χ4v) is 6.17. The molecule has 2 aromatic carbocycles. The molecule has 0 spiro atoms. The predicted octanol–water partition coefficient (Wildman–Crippen LogP) is 4.82. The highest BCUT2D eigenvalue weighted by molar-refractivity contribution is 7.92. The Hall–Kier alpha value is -2.84. The van der Waals surface area contributed by atoms with Gasteiger partial charge in [-0.2, -0.15) is 0 Å². The number of carbonyl (C=O) groups is 1. The summed E-state index contributed by atoms with van der Waals surface area (Å²) >= 11 is 0. The van der Waals surface area contributed by atoms with Gasteiger partial charge in [-0.05, 0) is 93.6 Å². The van der Waals surface area contributed by atoms with Gasteiger partial charge in [0.05, 0.1) is 16.9 Å². The molecular formula is C26H33N3O4S.